The molecule has 1 aliphatic rings. The summed E-state index contributed by atoms with van der Waals surface area (Å²) in [6.07, 6.45) is 17.7. The number of aliphatic hydroxyl groups excluding tert-OH is 2. The molecule has 0 amide bonds. The number of aliphatic hydroxyl groups is 2. The highest BCUT2D eigenvalue weighted by atomic mass is 16.4. The van der Waals surface area contributed by atoms with Crippen LogP contribution in [0.4, 0.5) is 0 Å². The van der Waals surface area contributed by atoms with Gasteiger partial charge in [0, 0.05) is 18.8 Å². The first-order chi connectivity index (χ1) is 13.0. The fraction of sp³-hybridized carbons (Fsp3) is 0.545. The maximum absolute atomic E-state index is 11.9. The lowest BCUT2D eigenvalue weighted by molar-refractivity contribution is -0.136. The second kappa shape index (κ2) is 13.2. The second-order valence-corrected chi connectivity index (χ2v) is 6.84. The van der Waals surface area contributed by atoms with Gasteiger partial charge in [-0.15, -0.1) is 0 Å². The summed E-state index contributed by atoms with van der Waals surface area (Å²) < 4.78 is 0. The van der Waals surface area contributed by atoms with E-state index in [9.17, 15) is 19.8 Å². The number of aliphatic carboxylic acids is 1. The minimum atomic E-state index is -0.782. The van der Waals surface area contributed by atoms with E-state index in [-0.39, 0.29) is 30.5 Å². The predicted molar refractivity (Wildman–Crippen MR) is 106 cm³/mol. The molecular formula is C22H32O5. The molecule has 1 aliphatic carbocycles. The topological polar surface area (TPSA) is 94.8 Å². The third-order valence-corrected chi connectivity index (χ3v) is 4.70. The monoisotopic (exact) mass is 376 g/mol. The first-order valence-electron chi connectivity index (χ1n) is 9.69. The van der Waals surface area contributed by atoms with Gasteiger partial charge in [0.15, 0.2) is 0 Å². The Kier molecular flexibility index (Phi) is 11.3. The molecular weight excluding hydrogens is 344 g/mol. The molecule has 27 heavy (non-hydrogen) atoms. The van der Waals surface area contributed by atoms with Crippen molar-refractivity contribution in [3.05, 3.63) is 48.6 Å². The molecule has 150 valence electrons. The zero-order valence-electron chi connectivity index (χ0n) is 16.0. The fourth-order valence-electron chi connectivity index (χ4n) is 3.18. The molecule has 5 nitrogen and oxygen atoms in total. The van der Waals surface area contributed by atoms with Crippen LogP contribution >= 0.6 is 0 Å². The molecule has 1 rings (SSSR count). The zero-order chi connectivity index (χ0) is 20.1. The number of rotatable bonds is 12. The smallest absolute Gasteiger partial charge is 0.303 e. The van der Waals surface area contributed by atoms with Crippen molar-refractivity contribution in [3.63, 3.8) is 0 Å². The van der Waals surface area contributed by atoms with E-state index in [0.29, 0.717) is 12.8 Å². The second-order valence-electron chi connectivity index (χ2n) is 6.84. The molecule has 0 heterocycles. The summed E-state index contributed by atoms with van der Waals surface area (Å²) in [5.74, 6) is -1.06. The quantitative estimate of drug-likeness (QED) is 0.453. The number of hydrogen-bond acceptors (Lipinski definition) is 4. The summed E-state index contributed by atoms with van der Waals surface area (Å²) in [5, 5.41) is 28.4. The molecule has 5 heteroatoms. The van der Waals surface area contributed by atoms with Gasteiger partial charge in [0.05, 0.1) is 12.2 Å². The van der Waals surface area contributed by atoms with Gasteiger partial charge in [-0.2, -0.15) is 0 Å². The highest BCUT2D eigenvalue weighted by Crippen LogP contribution is 2.32. The Bertz CT molecular complexity index is 573. The van der Waals surface area contributed by atoms with Crippen LogP contribution in [0.25, 0.3) is 0 Å². The maximum Gasteiger partial charge on any atom is 0.303 e. The van der Waals surface area contributed by atoms with E-state index in [0.717, 1.165) is 19.3 Å². The molecule has 0 unspecified atom stereocenters. The molecule has 0 aromatic carbocycles. The lowest BCUT2D eigenvalue weighted by atomic mass is 9.91. The fourth-order valence-corrected chi connectivity index (χ4v) is 3.18. The van der Waals surface area contributed by atoms with E-state index >= 15 is 0 Å². The highest BCUT2D eigenvalue weighted by molar-refractivity contribution is 5.85. The van der Waals surface area contributed by atoms with Crippen molar-refractivity contribution in [2.75, 3.05) is 0 Å². The zero-order valence-corrected chi connectivity index (χ0v) is 16.0. The first-order valence-corrected chi connectivity index (χ1v) is 9.69. The Morgan fingerprint density at radius 2 is 1.78 bits per heavy atom. The summed E-state index contributed by atoms with van der Waals surface area (Å²) in [5.41, 5.74) is 0. The SMILES string of the molecule is CC[C@H]1[C@H](O)CC(=O)[C@@H]1/C=C/[C@H](O)C/C=C\C/C=C\C/C=C\CCC(=O)O. The van der Waals surface area contributed by atoms with Crippen LogP contribution < -0.4 is 0 Å². The molecule has 0 saturated heterocycles. The summed E-state index contributed by atoms with van der Waals surface area (Å²) in [7, 11) is 0. The van der Waals surface area contributed by atoms with Crippen LogP contribution in [0.3, 0.4) is 0 Å². The third-order valence-electron chi connectivity index (χ3n) is 4.70. The lowest BCUT2D eigenvalue weighted by Gasteiger charge is -2.16. The van der Waals surface area contributed by atoms with Crippen molar-refractivity contribution in [1.29, 1.82) is 0 Å². The molecule has 1 saturated carbocycles. The van der Waals surface area contributed by atoms with E-state index in [4.69, 9.17) is 5.11 Å². The highest BCUT2D eigenvalue weighted by Gasteiger charge is 2.38. The van der Waals surface area contributed by atoms with Gasteiger partial charge in [-0.05, 0) is 38.0 Å². The van der Waals surface area contributed by atoms with Gasteiger partial charge in [0.25, 0.3) is 0 Å². The van der Waals surface area contributed by atoms with Crippen LogP contribution in [0.1, 0.15) is 51.9 Å². The molecule has 0 aromatic rings. The number of carbonyl (C=O) groups excluding carboxylic acids is 1. The largest absolute Gasteiger partial charge is 0.481 e. The number of allylic oxidation sites excluding steroid dienone is 6. The van der Waals surface area contributed by atoms with Crippen LogP contribution in [0.15, 0.2) is 48.6 Å². The van der Waals surface area contributed by atoms with Gasteiger partial charge >= 0.3 is 5.97 Å². The molecule has 0 aromatic heterocycles. The van der Waals surface area contributed by atoms with Gasteiger partial charge in [-0.3, -0.25) is 9.59 Å². The minimum Gasteiger partial charge on any atom is -0.481 e. The van der Waals surface area contributed by atoms with E-state index in [2.05, 4.69) is 0 Å². The van der Waals surface area contributed by atoms with E-state index in [1.165, 1.54) is 0 Å². The first kappa shape index (κ1) is 23.1. The third kappa shape index (κ3) is 9.50. The van der Waals surface area contributed by atoms with Crippen molar-refractivity contribution >= 4 is 11.8 Å². The molecule has 3 N–H and O–H groups in total. The van der Waals surface area contributed by atoms with Gasteiger partial charge < -0.3 is 15.3 Å². The number of carbonyl (C=O) groups is 2. The van der Waals surface area contributed by atoms with Gasteiger partial charge in [0.1, 0.15) is 5.78 Å². The number of hydrogen-bond donors (Lipinski definition) is 3. The number of carboxylic acid groups (broad SMARTS) is 1. The Labute approximate surface area is 161 Å². The van der Waals surface area contributed by atoms with Gasteiger partial charge in [-0.1, -0.05) is 55.5 Å². The molecule has 1 fully saturated rings. The van der Waals surface area contributed by atoms with E-state index in [1.54, 1.807) is 12.2 Å². The summed E-state index contributed by atoms with van der Waals surface area (Å²) in [6, 6.07) is 0. The number of Topliss-reactive ketones (excluding diaryl/α,β-unsaturated/α-hetero) is 1. The van der Waals surface area contributed by atoms with Crippen LogP contribution in [-0.4, -0.2) is 39.3 Å². The minimum absolute atomic E-state index is 0.0418. The normalized spacial score (nSPS) is 24.9. The summed E-state index contributed by atoms with van der Waals surface area (Å²) in [6.45, 7) is 1.96. The Morgan fingerprint density at radius 1 is 1.15 bits per heavy atom. The van der Waals surface area contributed by atoms with Crippen LogP contribution in [0, 0.1) is 11.8 Å². The van der Waals surface area contributed by atoms with Crippen molar-refractivity contribution < 1.29 is 24.9 Å². The maximum atomic E-state index is 11.9. The molecule has 4 atom stereocenters. The van der Waals surface area contributed by atoms with Crippen LogP contribution in [0.5, 0.6) is 0 Å². The van der Waals surface area contributed by atoms with Crippen molar-refractivity contribution in [2.45, 2.75) is 64.1 Å². The average molecular weight is 376 g/mol. The van der Waals surface area contributed by atoms with Crippen molar-refractivity contribution in [1.82, 2.24) is 0 Å². The van der Waals surface area contributed by atoms with Gasteiger partial charge in [-0.25, -0.2) is 0 Å². The Morgan fingerprint density at radius 3 is 2.41 bits per heavy atom. The van der Waals surface area contributed by atoms with E-state index in [1.807, 2.05) is 43.4 Å². The van der Waals surface area contributed by atoms with Crippen LogP contribution in [0.2, 0.25) is 0 Å². The van der Waals surface area contributed by atoms with Crippen molar-refractivity contribution in [3.8, 4) is 0 Å². The Hall–Kier alpha value is -1.98. The van der Waals surface area contributed by atoms with Gasteiger partial charge in [0.2, 0.25) is 0 Å². The number of carboxylic acids is 1. The Balaban J connectivity index is 2.22. The standard InChI is InChI=1S/C22H32O5/c1-2-18-19(21(25)16-20(18)24)15-14-17(23)12-10-8-6-4-3-5-7-9-11-13-22(26)27/h3-4,7-10,14-15,17-20,23-24H,2,5-6,11-13,16H2,1H3,(H,26,27)/b4-3-,9-7-,10-8-,15-14+/t17-,18-,19-,20-/m1/s1. The number of ketones is 1. The average Bonchev–Trinajstić information content (AvgIpc) is 2.90. The summed E-state index contributed by atoms with van der Waals surface area (Å²) >= 11 is 0. The lowest BCUT2D eigenvalue weighted by Crippen LogP contribution is -2.18. The van der Waals surface area contributed by atoms with Crippen molar-refractivity contribution in [2.24, 2.45) is 11.8 Å². The summed E-state index contributed by atoms with van der Waals surface area (Å²) in [4.78, 5) is 22.2. The van der Waals surface area contributed by atoms with Crippen LogP contribution in [-0.2, 0) is 9.59 Å². The molecule has 0 spiro atoms. The predicted octanol–water partition coefficient (Wildman–Crippen LogP) is 3.58. The van der Waals surface area contributed by atoms with E-state index < -0.39 is 18.2 Å². The molecule has 0 aliphatic heterocycles. The molecule has 0 radical (unpaired) electrons. The molecule has 0 bridgehead atoms.